The molecular formula is C12H16Cl2N4O. The lowest BCUT2D eigenvalue weighted by atomic mass is 10.2. The first-order valence-electron chi connectivity index (χ1n) is 6.13. The number of carbonyl (C=O) groups is 1. The van der Waals surface area contributed by atoms with E-state index in [1.807, 2.05) is 12.1 Å². The molecule has 0 radical (unpaired) electrons. The average molecular weight is 303 g/mol. The van der Waals surface area contributed by atoms with Gasteiger partial charge in [-0.15, -0.1) is 0 Å². The van der Waals surface area contributed by atoms with Crippen LogP contribution in [-0.4, -0.2) is 47.0 Å². The molecule has 7 heteroatoms. The smallest absolute Gasteiger partial charge is 0.314 e. The highest BCUT2D eigenvalue weighted by Gasteiger charge is 2.17. The maximum atomic E-state index is 11.1. The van der Waals surface area contributed by atoms with Crippen molar-refractivity contribution in [2.24, 2.45) is 5.73 Å². The minimum absolute atomic E-state index is 0.350. The lowest BCUT2D eigenvalue weighted by Crippen LogP contribution is -2.38. The second-order valence-electron chi connectivity index (χ2n) is 4.58. The molecule has 1 aliphatic heterocycles. The molecule has 0 saturated carbocycles. The number of pyridine rings is 1. The van der Waals surface area contributed by atoms with Gasteiger partial charge in [-0.25, -0.2) is 9.78 Å². The zero-order valence-electron chi connectivity index (χ0n) is 10.5. The fraction of sp³-hybridized carbons (Fsp3) is 0.500. The van der Waals surface area contributed by atoms with E-state index in [9.17, 15) is 4.79 Å². The summed E-state index contributed by atoms with van der Waals surface area (Å²) in [5.41, 5.74) is 6.33. The van der Waals surface area contributed by atoms with Crippen molar-refractivity contribution in [3.05, 3.63) is 28.0 Å². The van der Waals surface area contributed by atoms with Crippen LogP contribution in [-0.2, 0) is 6.54 Å². The molecule has 1 aliphatic rings. The van der Waals surface area contributed by atoms with Gasteiger partial charge in [-0.1, -0.05) is 23.2 Å². The topological polar surface area (TPSA) is 62.5 Å². The second-order valence-corrected chi connectivity index (χ2v) is 5.35. The van der Waals surface area contributed by atoms with Crippen molar-refractivity contribution in [2.45, 2.75) is 13.0 Å². The van der Waals surface area contributed by atoms with Crippen molar-refractivity contribution in [2.75, 3.05) is 26.2 Å². The number of nitrogens with zero attached hydrogens (tertiary/aromatic N) is 3. The minimum Gasteiger partial charge on any atom is -0.351 e. The highest BCUT2D eigenvalue weighted by molar-refractivity contribution is 6.32. The Bertz CT molecular complexity index is 449. The van der Waals surface area contributed by atoms with Crippen LogP contribution >= 0.6 is 23.2 Å². The first kappa shape index (κ1) is 14.4. The van der Waals surface area contributed by atoms with Crippen LogP contribution in [0.15, 0.2) is 12.1 Å². The summed E-state index contributed by atoms with van der Waals surface area (Å²) in [5, 5.41) is 0.798. The number of amides is 2. The number of carbonyl (C=O) groups excluding carboxylic acids is 1. The third-order valence-electron chi connectivity index (χ3n) is 3.13. The SMILES string of the molecule is NC(=O)N1CCCN(Cc2cc(Cl)nc(Cl)c2)CC1. The standard InChI is InChI=1S/C12H16Cl2N4O/c13-10-6-9(7-11(14)16-10)8-17-2-1-3-18(5-4-17)12(15)19/h6-7H,1-5,8H2,(H2,15,19). The van der Waals surface area contributed by atoms with Crippen molar-refractivity contribution in [1.82, 2.24) is 14.8 Å². The van der Waals surface area contributed by atoms with Gasteiger partial charge in [-0.05, 0) is 24.1 Å². The molecule has 1 saturated heterocycles. The predicted molar refractivity (Wildman–Crippen MR) is 75.3 cm³/mol. The van der Waals surface area contributed by atoms with Crippen molar-refractivity contribution in [1.29, 1.82) is 0 Å². The number of hydrogen-bond donors (Lipinski definition) is 1. The van der Waals surface area contributed by atoms with E-state index in [1.165, 1.54) is 0 Å². The van der Waals surface area contributed by atoms with Gasteiger partial charge in [0.05, 0.1) is 0 Å². The molecule has 0 bridgehead atoms. The molecule has 0 atom stereocenters. The maximum absolute atomic E-state index is 11.1. The van der Waals surface area contributed by atoms with Gasteiger partial charge >= 0.3 is 6.03 Å². The molecule has 2 amide bonds. The lowest BCUT2D eigenvalue weighted by molar-refractivity contribution is 0.207. The molecule has 2 rings (SSSR count). The third kappa shape index (κ3) is 4.23. The molecule has 2 heterocycles. The van der Waals surface area contributed by atoms with Gasteiger partial charge in [-0.2, -0.15) is 0 Å². The van der Waals surface area contributed by atoms with Crippen LogP contribution in [0.3, 0.4) is 0 Å². The first-order chi connectivity index (χ1) is 9.04. The van der Waals surface area contributed by atoms with Crippen LogP contribution in [0.5, 0.6) is 0 Å². The molecule has 0 aromatic carbocycles. The van der Waals surface area contributed by atoms with E-state index in [1.54, 1.807) is 4.90 Å². The summed E-state index contributed by atoms with van der Waals surface area (Å²) in [6.45, 7) is 3.82. The third-order valence-corrected chi connectivity index (χ3v) is 3.52. The zero-order valence-corrected chi connectivity index (χ0v) is 12.0. The van der Waals surface area contributed by atoms with E-state index in [0.29, 0.717) is 23.4 Å². The number of rotatable bonds is 2. The van der Waals surface area contributed by atoms with Gasteiger partial charge in [0.2, 0.25) is 0 Å². The van der Waals surface area contributed by atoms with Gasteiger partial charge in [-0.3, -0.25) is 4.90 Å². The summed E-state index contributed by atoms with van der Waals surface area (Å²) >= 11 is 11.8. The molecule has 2 N–H and O–H groups in total. The summed E-state index contributed by atoms with van der Waals surface area (Å²) in [6.07, 6.45) is 0.912. The largest absolute Gasteiger partial charge is 0.351 e. The Kier molecular flexibility index (Phi) is 4.85. The van der Waals surface area contributed by atoms with Crippen LogP contribution in [0.1, 0.15) is 12.0 Å². The summed E-state index contributed by atoms with van der Waals surface area (Å²) in [7, 11) is 0. The number of hydrogen-bond acceptors (Lipinski definition) is 3. The average Bonchev–Trinajstić information content (AvgIpc) is 2.53. The van der Waals surface area contributed by atoms with Crippen molar-refractivity contribution in [3.63, 3.8) is 0 Å². The Labute approximate surface area is 122 Å². The number of urea groups is 1. The van der Waals surface area contributed by atoms with E-state index in [-0.39, 0.29) is 6.03 Å². The summed E-state index contributed by atoms with van der Waals surface area (Å²) in [6, 6.07) is 3.27. The highest BCUT2D eigenvalue weighted by atomic mass is 35.5. The number of nitrogens with two attached hydrogens (primary N) is 1. The predicted octanol–water partition coefficient (Wildman–Crippen LogP) is 1.97. The quantitative estimate of drug-likeness (QED) is 0.850. The van der Waals surface area contributed by atoms with Crippen molar-refractivity contribution >= 4 is 29.2 Å². The van der Waals surface area contributed by atoms with Crippen LogP contribution in [0, 0.1) is 0 Å². The van der Waals surface area contributed by atoms with Gasteiger partial charge in [0.15, 0.2) is 0 Å². The minimum atomic E-state index is -0.350. The van der Waals surface area contributed by atoms with Crippen LogP contribution in [0.2, 0.25) is 10.3 Å². The monoisotopic (exact) mass is 302 g/mol. The highest BCUT2D eigenvalue weighted by Crippen LogP contribution is 2.17. The van der Waals surface area contributed by atoms with Crippen LogP contribution in [0.4, 0.5) is 4.79 Å². The van der Waals surface area contributed by atoms with E-state index >= 15 is 0 Å². The zero-order chi connectivity index (χ0) is 13.8. The fourth-order valence-corrected chi connectivity index (χ4v) is 2.72. The van der Waals surface area contributed by atoms with Gasteiger partial charge in [0, 0.05) is 32.7 Å². The van der Waals surface area contributed by atoms with E-state index in [0.717, 1.165) is 31.6 Å². The summed E-state index contributed by atoms with van der Waals surface area (Å²) < 4.78 is 0. The molecule has 0 aliphatic carbocycles. The van der Waals surface area contributed by atoms with Crippen molar-refractivity contribution < 1.29 is 4.79 Å². The Balaban J connectivity index is 1.97. The van der Waals surface area contributed by atoms with Gasteiger partial charge < -0.3 is 10.6 Å². The summed E-state index contributed by atoms with van der Waals surface area (Å²) in [4.78, 5) is 19.0. The normalized spacial score (nSPS) is 17.3. The summed E-state index contributed by atoms with van der Waals surface area (Å²) in [5.74, 6) is 0. The first-order valence-corrected chi connectivity index (χ1v) is 6.89. The fourth-order valence-electron chi connectivity index (χ4n) is 2.21. The molecule has 1 aromatic rings. The number of primary amides is 1. The lowest BCUT2D eigenvalue weighted by Gasteiger charge is -2.20. The van der Waals surface area contributed by atoms with Crippen LogP contribution in [0.25, 0.3) is 0 Å². The Morgan fingerprint density at radius 2 is 1.89 bits per heavy atom. The Morgan fingerprint density at radius 1 is 1.21 bits per heavy atom. The molecule has 0 spiro atoms. The van der Waals surface area contributed by atoms with E-state index in [2.05, 4.69) is 9.88 Å². The Hall–Kier alpha value is -1.04. The molecule has 1 aromatic heterocycles. The second kappa shape index (κ2) is 6.41. The molecule has 1 fully saturated rings. The molecular weight excluding hydrogens is 287 g/mol. The van der Waals surface area contributed by atoms with Gasteiger partial charge in [0.1, 0.15) is 10.3 Å². The van der Waals surface area contributed by atoms with Gasteiger partial charge in [0.25, 0.3) is 0 Å². The number of halogens is 2. The van der Waals surface area contributed by atoms with Crippen LogP contribution < -0.4 is 5.73 Å². The molecule has 104 valence electrons. The van der Waals surface area contributed by atoms with E-state index in [4.69, 9.17) is 28.9 Å². The molecule has 0 unspecified atom stereocenters. The molecule has 19 heavy (non-hydrogen) atoms. The van der Waals surface area contributed by atoms with Crippen molar-refractivity contribution in [3.8, 4) is 0 Å². The maximum Gasteiger partial charge on any atom is 0.314 e. The Morgan fingerprint density at radius 3 is 2.53 bits per heavy atom. The molecule has 5 nitrogen and oxygen atoms in total. The van der Waals surface area contributed by atoms with E-state index < -0.39 is 0 Å². The number of aromatic nitrogens is 1.